The summed E-state index contributed by atoms with van der Waals surface area (Å²) in [5.41, 5.74) is -1.58. The standard InChI is InChI=1S/C11H12ClN3O5/c1-3-11(12)8(18)7(5(2)16)20-9(11)15-10(19)14-6(17)4-13-15/h1,4-5,7-9,16,18H,2H3,(H,14,17,19)/t5-,7+,8-,9+,11?/m0/s1. The molecule has 8 nitrogen and oxygen atoms in total. The van der Waals surface area contributed by atoms with Crippen molar-refractivity contribution in [3.63, 3.8) is 0 Å². The third-order valence-electron chi connectivity index (χ3n) is 3.04. The highest BCUT2D eigenvalue weighted by Crippen LogP contribution is 2.43. The topological polar surface area (TPSA) is 117 Å². The molecule has 5 atom stereocenters. The van der Waals surface area contributed by atoms with Crippen LogP contribution >= 0.6 is 11.6 Å². The first-order valence-electron chi connectivity index (χ1n) is 5.67. The fourth-order valence-corrected chi connectivity index (χ4v) is 2.27. The van der Waals surface area contributed by atoms with Gasteiger partial charge in [-0.2, -0.15) is 9.78 Å². The van der Waals surface area contributed by atoms with Gasteiger partial charge in [0.05, 0.1) is 6.10 Å². The molecular formula is C11H12ClN3O5. The Hall–Kier alpha value is -1.66. The molecule has 1 unspecified atom stereocenters. The zero-order chi connectivity index (χ0) is 15.1. The zero-order valence-corrected chi connectivity index (χ0v) is 11.1. The van der Waals surface area contributed by atoms with Crippen LogP contribution in [0.4, 0.5) is 0 Å². The molecule has 1 aromatic rings. The van der Waals surface area contributed by atoms with Gasteiger partial charge in [0.1, 0.15) is 18.4 Å². The minimum atomic E-state index is -1.79. The molecule has 9 heteroatoms. The molecule has 0 aromatic carbocycles. The van der Waals surface area contributed by atoms with E-state index < -0.39 is 40.7 Å². The molecular weight excluding hydrogens is 290 g/mol. The molecule has 20 heavy (non-hydrogen) atoms. The van der Waals surface area contributed by atoms with Crippen molar-refractivity contribution < 1.29 is 14.9 Å². The van der Waals surface area contributed by atoms with Crippen LogP contribution in [0.25, 0.3) is 0 Å². The number of aromatic amines is 1. The van der Waals surface area contributed by atoms with Crippen LogP contribution < -0.4 is 11.2 Å². The largest absolute Gasteiger partial charge is 0.391 e. The second-order valence-corrected chi connectivity index (χ2v) is 5.06. The highest BCUT2D eigenvalue weighted by Gasteiger charge is 2.57. The molecule has 1 fully saturated rings. The van der Waals surface area contributed by atoms with E-state index in [9.17, 15) is 19.8 Å². The lowest BCUT2D eigenvalue weighted by atomic mass is 9.97. The van der Waals surface area contributed by atoms with Crippen molar-refractivity contribution in [2.24, 2.45) is 0 Å². The monoisotopic (exact) mass is 301 g/mol. The molecule has 1 saturated heterocycles. The van der Waals surface area contributed by atoms with Gasteiger partial charge in [-0.1, -0.05) is 17.5 Å². The van der Waals surface area contributed by atoms with E-state index in [-0.39, 0.29) is 0 Å². The smallest absolute Gasteiger partial charge is 0.347 e. The van der Waals surface area contributed by atoms with E-state index in [1.807, 2.05) is 4.98 Å². The van der Waals surface area contributed by atoms with Crippen LogP contribution in [-0.2, 0) is 4.74 Å². The van der Waals surface area contributed by atoms with Crippen molar-refractivity contribution in [2.75, 3.05) is 0 Å². The minimum absolute atomic E-state index is 0.697. The van der Waals surface area contributed by atoms with Gasteiger partial charge in [-0.25, -0.2) is 4.79 Å². The van der Waals surface area contributed by atoms with E-state index in [4.69, 9.17) is 22.8 Å². The number of halogens is 1. The summed E-state index contributed by atoms with van der Waals surface area (Å²) < 4.78 is 6.07. The third kappa shape index (κ3) is 2.14. The summed E-state index contributed by atoms with van der Waals surface area (Å²) in [5, 5.41) is 23.2. The lowest BCUT2D eigenvalue weighted by molar-refractivity contribution is -0.0810. The van der Waals surface area contributed by atoms with Gasteiger partial charge in [0.2, 0.25) is 0 Å². The van der Waals surface area contributed by atoms with Gasteiger partial charge in [0.25, 0.3) is 5.56 Å². The molecule has 0 amide bonds. The first-order chi connectivity index (χ1) is 9.31. The van der Waals surface area contributed by atoms with Crippen molar-refractivity contribution in [3.05, 3.63) is 27.0 Å². The molecule has 2 heterocycles. The van der Waals surface area contributed by atoms with Crippen LogP contribution in [0.3, 0.4) is 0 Å². The Morgan fingerprint density at radius 2 is 2.35 bits per heavy atom. The number of H-pyrrole nitrogens is 1. The van der Waals surface area contributed by atoms with E-state index in [1.54, 1.807) is 0 Å². The Bertz CT molecular complexity index is 663. The molecule has 0 bridgehead atoms. The number of aliphatic hydroxyl groups excluding tert-OH is 2. The fraction of sp³-hybridized carbons (Fsp3) is 0.545. The van der Waals surface area contributed by atoms with Gasteiger partial charge < -0.3 is 14.9 Å². The minimum Gasteiger partial charge on any atom is -0.391 e. The molecule has 0 spiro atoms. The number of aromatic nitrogens is 3. The summed E-state index contributed by atoms with van der Waals surface area (Å²) in [6, 6.07) is 0. The number of hydrogen-bond acceptors (Lipinski definition) is 6. The van der Waals surface area contributed by atoms with Gasteiger partial charge in [-0.05, 0) is 6.92 Å². The molecule has 0 radical (unpaired) electrons. The van der Waals surface area contributed by atoms with Crippen LogP contribution in [0.15, 0.2) is 15.8 Å². The second-order valence-electron chi connectivity index (χ2n) is 4.43. The number of terminal acetylenes is 1. The van der Waals surface area contributed by atoms with Crippen LogP contribution in [0, 0.1) is 12.3 Å². The molecule has 1 aromatic heterocycles. The van der Waals surface area contributed by atoms with E-state index >= 15 is 0 Å². The maximum absolute atomic E-state index is 11.7. The first-order valence-corrected chi connectivity index (χ1v) is 6.05. The lowest BCUT2D eigenvalue weighted by Gasteiger charge is -2.24. The van der Waals surface area contributed by atoms with E-state index in [2.05, 4.69) is 11.0 Å². The maximum Gasteiger partial charge on any atom is 0.347 e. The summed E-state index contributed by atoms with van der Waals surface area (Å²) >= 11 is 6.14. The van der Waals surface area contributed by atoms with Crippen LogP contribution in [0.1, 0.15) is 13.2 Å². The van der Waals surface area contributed by atoms with Gasteiger partial charge >= 0.3 is 5.69 Å². The Kier molecular flexibility index (Phi) is 3.71. The van der Waals surface area contributed by atoms with Crippen LogP contribution in [0.5, 0.6) is 0 Å². The van der Waals surface area contributed by atoms with Gasteiger partial charge in [-0.3, -0.25) is 9.78 Å². The Balaban J connectivity index is 2.53. The molecule has 3 N–H and O–H groups in total. The first kappa shape index (κ1) is 14.7. The predicted molar refractivity (Wildman–Crippen MR) is 68.1 cm³/mol. The number of hydrogen-bond donors (Lipinski definition) is 3. The summed E-state index contributed by atoms with van der Waals surface area (Å²) in [6.45, 7) is 1.38. The quantitative estimate of drug-likeness (QED) is 0.437. The molecule has 2 rings (SSSR count). The lowest BCUT2D eigenvalue weighted by Crippen LogP contribution is -2.45. The van der Waals surface area contributed by atoms with Crippen molar-refractivity contribution >= 4 is 11.6 Å². The number of aliphatic hydroxyl groups is 2. The molecule has 1 aliphatic heterocycles. The van der Waals surface area contributed by atoms with Crippen molar-refractivity contribution in [2.45, 2.75) is 36.3 Å². The second kappa shape index (κ2) is 5.03. The number of nitrogens with zero attached hydrogens (tertiary/aromatic N) is 2. The number of ether oxygens (including phenoxy) is 1. The number of alkyl halides is 1. The highest BCUT2D eigenvalue weighted by atomic mass is 35.5. The number of nitrogens with one attached hydrogen (secondary N) is 1. The summed E-state index contributed by atoms with van der Waals surface area (Å²) in [6.07, 6.45) is 1.26. The fourth-order valence-electron chi connectivity index (χ4n) is 2.01. The predicted octanol–water partition coefficient (Wildman–Crippen LogP) is -1.82. The Morgan fingerprint density at radius 3 is 2.85 bits per heavy atom. The average Bonchev–Trinajstić information content (AvgIpc) is 2.64. The van der Waals surface area contributed by atoms with E-state index in [0.717, 1.165) is 10.9 Å². The third-order valence-corrected chi connectivity index (χ3v) is 3.56. The Labute approximate surface area is 118 Å². The maximum atomic E-state index is 11.7. The average molecular weight is 302 g/mol. The molecule has 108 valence electrons. The summed E-state index contributed by atoms with van der Waals surface area (Å²) in [7, 11) is 0. The zero-order valence-electron chi connectivity index (χ0n) is 10.4. The van der Waals surface area contributed by atoms with E-state index in [1.165, 1.54) is 6.92 Å². The summed E-state index contributed by atoms with van der Waals surface area (Å²) in [5.74, 6) is 2.15. The van der Waals surface area contributed by atoms with Crippen molar-refractivity contribution in [1.29, 1.82) is 0 Å². The highest BCUT2D eigenvalue weighted by molar-refractivity contribution is 6.27. The van der Waals surface area contributed by atoms with Crippen LogP contribution in [-0.4, -0.2) is 48.2 Å². The van der Waals surface area contributed by atoms with E-state index in [0.29, 0.717) is 0 Å². The SMILES string of the molecule is C#CC1(Cl)[C@@H](O)[C@@H]([C@H](C)O)O[C@H]1n1ncc(=O)[nH]c1=O. The number of rotatable bonds is 2. The van der Waals surface area contributed by atoms with Crippen molar-refractivity contribution in [3.8, 4) is 12.3 Å². The molecule has 0 saturated carbocycles. The molecule has 1 aliphatic rings. The normalized spacial score (nSPS) is 34.6. The van der Waals surface area contributed by atoms with Gasteiger partial charge in [0, 0.05) is 0 Å². The Morgan fingerprint density at radius 1 is 1.70 bits per heavy atom. The van der Waals surface area contributed by atoms with Gasteiger partial charge in [0.15, 0.2) is 11.1 Å². The summed E-state index contributed by atoms with van der Waals surface area (Å²) in [4.78, 5) is 22.9. The van der Waals surface area contributed by atoms with Gasteiger partial charge in [-0.15, -0.1) is 6.42 Å². The molecule has 0 aliphatic carbocycles. The van der Waals surface area contributed by atoms with Crippen LogP contribution in [0.2, 0.25) is 0 Å². The van der Waals surface area contributed by atoms with Crippen molar-refractivity contribution in [1.82, 2.24) is 14.8 Å².